The first-order chi connectivity index (χ1) is 15.3. The van der Waals surface area contributed by atoms with Gasteiger partial charge in [0.05, 0.1) is 0 Å². The van der Waals surface area contributed by atoms with Crippen molar-refractivity contribution >= 4 is 0 Å². The van der Waals surface area contributed by atoms with Gasteiger partial charge in [-0.15, -0.1) is 0 Å². The van der Waals surface area contributed by atoms with Crippen LogP contribution in [-0.4, -0.2) is 0 Å². The fraction of sp³-hybridized carbons (Fsp3) is 0.484. The molecule has 0 aromatic heterocycles. The summed E-state index contributed by atoms with van der Waals surface area (Å²) in [5, 5.41) is 0. The summed E-state index contributed by atoms with van der Waals surface area (Å²) in [4.78, 5) is 0. The van der Waals surface area contributed by atoms with Crippen LogP contribution in [-0.2, 0) is 0 Å². The molecule has 0 unspecified atom stereocenters. The summed E-state index contributed by atoms with van der Waals surface area (Å²) in [6, 6.07) is 17.3. The van der Waals surface area contributed by atoms with E-state index in [-0.39, 0.29) is 0 Å². The highest BCUT2D eigenvalue weighted by Gasteiger charge is 2.21. The summed E-state index contributed by atoms with van der Waals surface area (Å²) in [6.45, 7) is 4.55. The molecule has 1 saturated carbocycles. The molecule has 0 saturated heterocycles. The van der Waals surface area contributed by atoms with E-state index < -0.39 is 0 Å². The van der Waals surface area contributed by atoms with Gasteiger partial charge in [0.2, 0.25) is 0 Å². The quantitative estimate of drug-likeness (QED) is 0.317. The van der Waals surface area contributed by atoms with Gasteiger partial charge in [-0.3, -0.25) is 0 Å². The molecule has 0 amide bonds. The van der Waals surface area contributed by atoms with E-state index in [1.165, 1.54) is 69.8 Å². The van der Waals surface area contributed by atoms with Crippen LogP contribution in [0.5, 0.6) is 0 Å². The molecule has 0 nitrogen and oxygen atoms in total. The second-order valence-corrected chi connectivity index (χ2v) is 9.07. The molecule has 31 heavy (non-hydrogen) atoms. The van der Waals surface area contributed by atoms with Gasteiger partial charge in [0.1, 0.15) is 0 Å². The minimum atomic E-state index is 0.746. The summed E-state index contributed by atoms with van der Waals surface area (Å²) < 4.78 is 0. The van der Waals surface area contributed by atoms with Crippen molar-refractivity contribution in [2.24, 2.45) is 5.92 Å². The van der Waals surface area contributed by atoms with E-state index in [2.05, 4.69) is 86.1 Å². The van der Waals surface area contributed by atoms with Gasteiger partial charge in [-0.05, 0) is 85.9 Å². The fourth-order valence-corrected chi connectivity index (χ4v) is 4.62. The van der Waals surface area contributed by atoms with Crippen molar-refractivity contribution in [2.45, 2.75) is 90.4 Å². The van der Waals surface area contributed by atoms with Crippen molar-refractivity contribution in [1.82, 2.24) is 0 Å². The Balaban J connectivity index is 1.50. The van der Waals surface area contributed by atoms with Crippen molar-refractivity contribution in [3.8, 4) is 23.7 Å². The van der Waals surface area contributed by atoms with E-state index in [4.69, 9.17) is 0 Å². The molecule has 1 aliphatic rings. The summed E-state index contributed by atoms with van der Waals surface area (Å²) in [6.07, 6.45) is 14.3. The molecule has 0 radical (unpaired) electrons. The minimum absolute atomic E-state index is 0.746. The van der Waals surface area contributed by atoms with Crippen LogP contribution < -0.4 is 0 Å². The maximum Gasteiger partial charge on any atom is 0.0249 e. The zero-order chi connectivity index (χ0) is 21.7. The Kier molecular flexibility index (Phi) is 9.80. The van der Waals surface area contributed by atoms with Crippen LogP contribution in [0.15, 0.2) is 48.5 Å². The molecule has 0 heterocycles. The first kappa shape index (κ1) is 23.2. The number of hydrogen-bond donors (Lipinski definition) is 0. The normalized spacial score (nSPS) is 17.9. The number of benzene rings is 2. The Bertz CT molecular complexity index is 885. The zero-order valence-electron chi connectivity index (χ0n) is 19.6. The van der Waals surface area contributed by atoms with Gasteiger partial charge in [-0.25, -0.2) is 0 Å². The highest BCUT2D eigenvalue weighted by molar-refractivity contribution is 5.46. The van der Waals surface area contributed by atoms with Crippen LogP contribution in [0.1, 0.15) is 113 Å². The second-order valence-electron chi connectivity index (χ2n) is 9.07. The lowest BCUT2D eigenvalue weighted by Gasteiger charge is -2.28. The molecule has 2 aromatic rings. The average Bonchev–Trinajstić information content (AvgIpc) is 2.82. The number of hydrogen-bond acceptors (Lipinski definition) is 0. The summed E-state index contributed by atoms with van der Waals surface area (Å²) in [7, 11) is 0. The minimum Gasteiger partial charge on any atom is -0.0979 e. The highest BCUT2D eigenvalue weighted by atomic mass is 14.3. The molecule has 0 spiro atoms. The topological polar surface area (TPSA) is 0 Å². The molecule has 0 heteroatoms. The molecule has 2 aromatic carbocycles. The van der Waals surface area contributed by atoms with Crippen LogP contribution in [0.3, 0.4) is 0 Å². The zero-order valence-corrected chi connectivity index (χ0v) is 19.6. The van der Waals surface area contributed by atoms with E-state index in [0.717, 1.165) is 34.9 Å². The Labute approximate surface area is 190 Å². The second kappa shape index (κ2) is 13.1. The SMILES string of the molecule is CCCCCCC#Cc1ccc(C#Cc2ccc(C3CCC(CCC)CC3)cc2)cc1. The van der Waals surface area contributed by atoms with Gasteiger partial charge in [0.15, 0.2) is 0 Å². The van der Waals surface area contributed by atoms with Crippen LogP contribution in [0.4, 0.5) is 0 Å². The summed E-state index contributed by atoms with van der Waals surface area (Å²) in [5.74, 6) is 14.9. The van der Waals surface area contributed by atoms with E-state index in [1.807, 2.05) is 0 Å². The molecule has 162 valence electrons. The molecule has 0 N–H and O–H groups in total. The Morgan fingerprint density at radius 1 is 0.645 bits per heavy atom. The van der Waals surface area contributed by atoms with Crippen molar-refractivity contribution in [2.75, 3.05) is 0 Å². The monoisotopic (exact) mass is 410 g/mol. The summed E-state index contributed by atoms with van der Waals surface area (Å²) in [5.41, 5.74) is 4.73. The third-order valence-electron chi connectivity index (χ3n) is 6.55. The van der Waals surface area contributed by atoms with E-state index in [0.29, 0.717) is 0 Å². The first-order valence-electron chi connectivity index (χ1n) is 12.5. The van der Waals surface area contributed by atoms with Crippen LogP contribution in [0, 0.1) is 29.6 Å². The molecule has 0 aliphatic heterocycles. The van der Waals surface area contributed by atoms with Crippen molar-refractivity contribution in [3.63, 3.8) is 0 Å². The molecule has 0 atom stereocenters. The largest absolute Gasteiger partial charge is 0.0979 e. The number of rotatable bonds is 7. The lowest BCUT2D eigenvalue weighted by molar-refractivity contribution is 0.308. The number of unbranched alkanes of at least 4 members (excludes halogenated alkanes) is 4. The van der Waals surface area contributed by atoms with Gasteiger partial charge in [0.25, 0.3) is 0 Å². The molecule has 3 rings (SSSR count). The van der Waals surface area contributed by atoms with Crippen molar-refractivity contribution in [3.05, 3.63) is 70.8 Å². The van der Waals surface area contributed by atoms with Gasteiger partial charge in [0, 0.05) is 23.1 Å². The van der Waals surface area contributed by atoms with Gasteiger partial charge >= 0.3 is 0 Å². The van der Waals surface area contributed by atoms with E-state index >= 15 is 0 Å². The van der Waals surface area contributed by atoms with Gasteiger partial charge < -0.3 is 0 Å². The van der Waals surface area contributed by atoms with Crippen molar-refractivity contribution < 1.29 is 0 Å². The molecule has 1 aliphatic carbocycles. The van der Waals surface area contributed by atoms with Crippen LogP contribution >= 0.6 is 0 Å². The van der Waals surface area contributed by atoms with E-state index in [1.54, 1.807) is 0 Å². The third kappa shape index (κ3) is 7.96. The van der Waals surface area contributed by atoms with Crippen LogP contribution in [0.25, 0.3) is 0 Å². The smallest absolute Gasteiger partial charge is 0.0249 e. The molecular formula is C31H38. The Morgan fingerprint density at radius 3 is 1.81 bits per heavy atom. The molecule has 1 fully saturated rings. The first-order valence-corrected chi connectivity index (χ1v) is 12.5. The fourth-order valence-electron chi connectivity index (χ4n) is 4.62. The highest BCUT2D eigenvalue weighted by Crippen LogP contribution is 2.37. The van der Waals surface area contributed by atoms with Crippen molar-refractivity contribution in [1.29, 1.82) is 0 Å². The predicted molar refractivity (Wildman–Crippen MR) is 134 cm³/mol. The Morgan fingerprint density at radius 2 is 1.23 bits per heavy atom. The molecular weight excluding hydrogens is 372 g/mol. The lowest BCUT2D eigenvalue weighted by atomic mass is 9.77. The maximum absolute atomic E-state index is 3.32. The molecule has 0 bridgehead atoms. The van der Waals surface area contributed by atoms with Crippen LogP contribution in [0.2, 0.25) is 0 Å². The van der Waals surface area contributed by atoms with Gasteiger partial charge in [-0.2, -0.15) is 0 Å². The van der Waals surface area contributed by atoms with E-state index in [9.17, 15) is 0 Å². The third-order valence-corrected chi connectivity index (χ3v) is 6.55. The Hall–Kier alpha value is -2.44. The standard InChI is InChI=1S/C31H38/c1-3-5-6-7-8-9-11-27-12-14-28(15-13-27)16-17-29-20-24-31(25-21-29)30-22-18-26(10-4-2)19-23-30/h12-15,20-21,24-26,30H,3-8,10,18-19,22-23H2,1-2H3. The van der Waals surface area contributed by atoms with Gasteiger partial charge in [-0.1, -0.05) is 81.8 Å². The average molecular weight is 411 g/mol. The lowest BCUT2D eigenvalue weighted by Crippen LogP contribution is -2.13. The maximum atomic E-state index is 3.32. The predicted octanol–water partition coefficient (Wildman–Crippen LogP) is 8.48. The summed E-state index contributed by atoms with van der Waals surface area (Å²) >= 11 is 0.